The van der Waals surface area contributed by atoms with Crippen molar-refractivity contribution in [2.45, 2.75) is 58.8 Å². The van der Waals surface area contributed by atoms with Crippen LogP contribution in [0.4, 0.5) is 4.39 Å². The number of ether oxygens (including phenoxy) is 2. The van der Waals surface area contributed by atoms with Crippen molar-refractivity contribution in [2.75, 3.05) is 33.9 Å². The fourth-order valence-electron chi connectivity index (χ4n) is 5.56. The molecule has 43 heavy (non-hydrogen) atoms. The second-order valence-electron chi connectivity index (χ2n) is 11.3. The summed E-state index contributed by atoms with van der Waals surface area (Å²) >= 11 is 0. The molecule has 230 valence electrons. The van der Waals surface area contributed by atoms with Crippen molar-refractivity contribution in [3.05, 3.63) is 77.4 Å². The Kier molecular flexibility index (Phi) is 10.8. The van der Waals surface area contributed by atoms with Gasteiger partial charge in [-0.15, -0.1) is 0 Å². The van der Waals surface area contributed by atoms with Crippen LogP contribution in [0.15, 0.2) is 54.7 Å². The molecule has 0 spiro atoms. The van der Waals surface area contributed by atoms with Crippen molar-refractivity contribution < 1.29 is 23.5 Å². The van der Waals surface area contributed by atoms with E-state index in [0.29, 0.717) is 43.3 Å². The van der Waals surface area contributed by atoms with Crippen LogP contribution in [0.1, 0.15) is 50.1 Å². The summed E-state index contributed by atoms with van der Waals surface area (Å²) in [7, 11) is 3.19. The third-order valence-corrected chi connectivity index (χ3v) is 7.88. The average molecular weight is 592 g/mol. The molecule has 1 aromatic carbocycles. The number of amides is 2. The van der Waals surface area contributed by atoms with Gasteiger partial charge in [0.25, 0.3) is 0 Å². The lowest BCUT2D eigenvalue weighted by Gasteiger charge is -2.47. The Morgan fingerprint density at radius 3 is 2.51 bits per heavy atom. The third kappa shape index (κ3) is 7.55. The van der Waals surface area contributed by atoms with Gasteiger partial charge in [-0.05, 0) is 43.5 Å². The van der Waals surface area contributed by atoms with Crippen molar-refractivity contribution in [1.29, 1.82) is 0 Å². The van der Waals surface area contributed by atoms with Gasteiger partial charge < -0.3 is 19.7 Å². The van der Waals surface area contributed by atoms with Crippen molar-refractivity contribution in [3.63, 3.8) is 0 Å². The molecule has 3 heterocycles. The van der Waals surface area contributed by atoms with Gasteiger partial charge in [-0.1, -0.05) is 44.2 Å². The lowest BCUT2D eigenvalue weighted by molar-refractivity contribution is -0.151. The fourth-order valence-corrected chi connectivity index (χ4v) is 5.56. The monoisotopic (exact) mass is 591 g/mol. The van der Waals surface area contributed by atoms with Crippen LogP contribution in [0.5, 0.6) is 5.88 Å². The number of aromatic nitrogens is 2. The van der Waals surface area contributed by atoms with Crippen LogP contribution < -0.4 is 10.1 Å². The lowest BCUT2D eigenvalue weighted by Crippen LogP contribution is -2.65. The Morgan fingerprint density at radius 1 is 1.09 bits per heavy atom. The van der Waals surface area contributed by atoms with Crippen LogP contribution in [-0.4, -0.2) is 77.6 Å². The maximum atomic E-state index is 15.3. The maximum absolute atomic E-state index is 15.3. The van der Waals surface area contributed by atoms with E-state index in [0.717, 1.165) is 16.8 Å². The van der Waals surface area contributed by atoms with E-state index in [1.165, 1.54) is 0 Å². The largest absolute Gasteiger partial charge is 0.481 e. The van der Waals surface area contributed by atoms with E-state index < -0.39 is 12.1 Å². The smallest absolute Gasteiger partial charge is 0.244 e. The molecule has 1 aliphatic heterocycles. The summed E-state index contributed by atoms with van der Waals surface area (Å²) in [6, 6.07) is 13.6. The molecule has 1 aliphatic rings. The number of carbonyl (C=O) groups excluding carboxylic acids is 2. The molecule has 1 fully saturated rings. The average Bonchev–Trinajstić information content (AvgIpc) is 3.01. The first-order valence-electron chi connectivity index (χ1n) is 14.7. The van der Waals surface area contributed by atoms with Gasteiger partial charge >= 0.3 is 0 Å². The topological polar surface area (TPSA) is 96.9 Å². The van der Waals surface area contributed by atoms with Gasteiger partial charge in [-0.2, -0.15) is 0 Å². The van der Waals surface area contributed by atoms with Crippen molar-refractivity contribution in [3.8, 4) is 17.1 Å². The Labute approximate surface area is 253 Å². The highest BCUT2D eigenvalue weighted by Crippen LogP contribution is 2.31. The van der Waals surface area contributed by atoms with Gasteiger partial charge in [0.1, 0.15) is 11.9 Å². The minimum atomic E-state index is -0.753. The number of pyridine rings is 2. The third-order valence-electron chi connectivity index (χ3n) is 7.88. The Hall–Kier alpha value is -3.89. The molecule has 0 bridgehead atoms. The zero-order chi connectivity index (χ0) is 31.1. The second kappa shape index (κ2) is 14.5. The molecule has 2 aromatic heterocycles. The van der Waals surface area contributed by atoms with E-state index in [-0.39, 0.29) is 36.1 Å². The molecule has 3 atom stereocenters. The SMILES string of the molecule is COCC[C@H](c1nccc(C)c1F)N1C[C@@H](C)N(C(=O)C(C)C)[C@@H](C(=O)NCc2ccc(-c3cccc(OC)n3)cc2)C1. The van der Waals surface area contributed by atoms with Crippen molar-refractivity contribution >= 4 is 11.8 Å². The van der Waals surface area contributed by atoms with Gasteiger partial charge in [0.15, 0.2) is 0 Å². The zero-order valence-electron chi connectivity index (χ0n) is 25.8. The summed E-state index contributed by atoms with van der Waals surface area (Å²) in [6.45, 7) is 8.74. The van der Waals surface area contributed by atoms with Crippen LogP contribution in [0.2, 0.25) is 0 Å². The maximum Gasteiger partial charge on any atom is 0.244 e. The van der Waals surface area contributed by atoms with Crippen LogP contribution in [0.3, 0.4) is 0 Å². The Balaban J connectivity index is 1.55. The number of halogens is 1. The number of piperazine rings is 1. The van der Waals surface area contributed by atoms with E-state index in [1.54, 1.807) is 44.4 Å². The number of hydrogen-bond donors (Lipinski definition) is 1. The summed E-state index contributed by atoms with van der Waals surface area (Å²) in [5.41, 5.74) is 3.47. The van der Waals surface area contributed by atoms with Crippen molar-refractivity contribution in [2.24, 2.45) is 5.92 Å². The number of aryl methyl sites for hydroxylation is 1. The quantitative estimate of drug-likeness (QED) is 0.350. The molecular formula is C33H42FN5O4. The molecule has 0 radical (unpaired) electrons. The van der Waals surface area contributed by atoms with E-state index in [4.69, 9.17) is 9.47 Å². The predicted molar refractivity (Wildman–Crippen MR) is 163 cm³/mol. The lowest BCUT2D eigenvalue weighted by atomic mass is 9.97. The van der Waals surface area contributed by atoms with Gasteiger partial charge in [-0.3, -0.25) is 19.5 Å². The molecule has 1 saturated heterocycles. The molecule has 0 saturated carbocycles. The summed E-state index contributed by atoms with van der Waals surface area (Å²) in [6.07, 6.45) is 2.10. The highest BCUT2D eigenvalue weighted by atomic mass is 19.1. The van der Waals surface area contributed by atoms with E-state index in [9.17, 15) is 9.59 Å². The van der Waals surface area contributed by atoms with Gasteiger partial charge in [-0.25, -0.2) is 9.37 Å². The minimum Gasteiger partial charge on any atom is -0.481 e. The van der Waals surface area contributed by atoms with Crippen LogP contribution >= 0.6 is 0 Å². The fraction of sp³-hybridized carbons (Fsp3) is 0.455. The van der Waals surface area contributed by atoms with E-state index >= 15 is 4.39 Å². The van der Waals surface area contributed by atoms with Crippen LogP contribution in [0.25, 0.3) is 11.3 Å². The first-order chi connectivity index (χ1) is 20.6. The number of carbonyl (C=O) groups is 2. The summed E-state index contributed by atoms with van der Waals surface area (Å²) in [4.78, 5) is 39.8. The Bertz CT molecular complexity index is 1400. The number of rotatable bonds is 11. The van der Waals surface area contributed by atoms with Crippen molar-refractivity contribution in [1.82, 2.24) is 25.1 Å². The summed E-state index contributed by atoms with van der Waals surface area (Å²) in [5, 5.41) is 3.04. The predicted octanol–water partition coefficient (Wildman–Crippen LogP) is 4.55. The number of benzene rings is 1. The van der Waals surface area contributed by atoms with Gasteiger partial charge in [0.2, 0.25) is 17.7 Å². The summed E-state index contributed by atoms with van der Waals surface area (Å²) < 4.78 is 25.9. The van der Waals surface area contributed by atoms with E-state index in [2.05, 4.69) is 20.2 Å². The zero-order valence-corrected chi connectivity index (χ0v) is 25.8. The first-order valence-corrected chi connectivity index (χ1v) is 14.7. The minimum absolute atomic E-state index is 0.0873. The molecule has 1 N–H and O–H groups in total. The highest BCUT2D eigenvalue weighted by Gasteiger charge is 2.42. The number of nitrogens with one attached hydrogen (secondary N) is 1. The molecule has 3 aromatic rings. The summed E-state index contributed by atoms with van der Waals surface area (Å²) in [5.74, 6) is -0.439. The number of nitrogens with zero attached hydrogens (tertiary/aromatic N) is 4. The van der Waals surface area contributed by atoms with E-state index in [1.807, 2.05) is 57.2 Å². The van der Waals surface area contributed by atoms with Gasteiger partial charge in [0, 0.05) is 63.1 Å². The molecule has 10 heteroatoms. The Morgan fingerprint density at radius 2 is 1.84 bits per heavy atom. The van der Waals surface area contributed by atoms with Crippen LogP contribution in [-0.2, 0) is 20.9 Å². The highest BCUT2D eigenvalue weighted by molar-refractivity contribution is 5.89. The second-order valence-corrected chi connectivity index (χ2v) is 11.3. The molecule has 4 rings (SSSR count). The molecule has 9 nitrogen and oxygen atoms in total. The molecule has 0 unspecified atom stereocenters. The molecular weight excluding hydrogens is 549 g/mol. The number of methoxy groups -OCH3 is 2. The first kappa shape index (κ1) is 32.0. The molecule has 0 aliphatic carbocycles. The normalized spacial score (nSPS) is 18.0. The molecule has 2 amide bonds. The van der Waals surface area contributed by atoms with Crippen LogP contribution in [0, 0.1) is 18.7 Å². The number of hydrogen-bond acceptors (Lipinski definition) is 7. The van der Waals surface area contributed by atoms with Gasteiger partial charge in [0.05, 0.1) is 24.5 Å². The standard InChI is InChI=1S/C33H42FN5O4/c1-21(2)33(41)39-23(4)19-38(27(15-17-42-5)31-30(34)22(3)14-16-35-31)20-28(39)32(40)36-18-24-10-12-25(13-11-24)26-8-7-9-29(37-26)43-6/h7-14,16,21,23,27-28H,15,17-20H2,1-6H3,(H,36,40)/t23-,27-,28-/m1/s1.